The monoisotopic (exact) mass is 893 g/mol. The number of nitrogens with two attached hydrogens (primary N) is 1. The maximum absolute atomic E-state index is 14.6. The van der Waals surface area contributed by atoms with E-state index in [2.05, 4.69) is 24.6 Å². The van der Waals surface area contributed by atoms with Crippen LogP contribution in [0.15, 0.2) is 93.5 Å². The van der Waals surface area contributed by atoms with Gasteiger partial charge in [0.2, 0.25) is 0 Å². The minimum absolute atomic E-state index is 0.305. The van der Waals surface area contributed by atoms with Crippen LogP contribution in [-0.4, -0.2) is 90.7 Å². The zero-order chi connectivity index (χ0) is 41.7. The predicted octanol–water partition coefficient (Wildman–Crippen LogP) is 2.68. The highest BCUT2D eigenvalue weighted by molar-refractivity contribution is 7.91. The fraction of sp³-hybridized carbons (Fsp3) is 0.0833. The van der Waals surface area contributed by atoms with E-state index in [0.29, 0.717) is 48.5 Å². The van der Waals surface area contributed by atoms with Gasteiger partial charge in [0.25, 0.3) is 40.5 Å². The maximum atomic E-state index is 14.6. The molecule has 0 bridgehead atoms. The third-order valence-corrected chi connectivity index (χ3v) is 12.4. The number of phenolic OH excluding ortho intramolecular Hbond substituents is 1. The van der Waals surface area contributed by atoms with E-state index in [1.807, 2.05) is 0 Å². The molecule has 0 spiro atoms. The quantitative estimate of drug-likeness (QED) is 0.0576. The molecule has 0 aliphatic carbocycles. The van der Waals surface area contributed by atoms with E-state index in [4.69, 9.17) is 14.8 Å². The van der Waals surface area contributed by atoms with Crippen LogP contribution in [0.25, 0.3) is 10.8 Å². The lowest BCUT2D eigenvalue weighted by atomic mass is 10.1. The number of anilines is 1. The normalized spacial score (nSPS) is 13.6. The Bertz CT molecular complexity index is 3030. The van der Waals surface area contributed by atoms with E-state index in [1.165, 1.54) is 0 Å². The average molecular weight is 894 g/mol. The first kappa shape index (κ1) is 43.1. The predicted molar refractivity (Wildman–Crippen MR) is 180 cm³/mol. The lowest BCUT2D eigenvalue weighted by Crippen LogP contribution is -2.16. The second kappa shape index (κ2) is 14.8. The molecule has 0 aliphatic rings. The number of halogens is 1. The van der Waals surface area contributed by atoms with Crippen LogP contribution in [0.2, 0.25) is 0 Å². The number of hydrogen-bond donors (Lipinski definition) is 7. The van der Waals surface area contributed by atoms with Crippen LogP contribution in [0.3, 0.4) is 0 Å². The average Bonchev–Trinajstić information content (AvgIpc) is 3.01. The van der Waals surface area contributed by atoms with Crippen molar-refractivity contribution >= 4 is 99.9 Å². The van der Waals surface area contributed by atoms with Crippen LogP contribution in [0.5, 0.6) is 5.75 Å². The minimum Gasteiger partial charge on any atom is -0.505 e. The van der Waals surface area contributed by atoms with Crippen molar-refractivity contribution < 1.29 is 87.0 Å². The fourth-order valence-electron chi connectivity index (χ4n) is 4.39. The molecule has 298 valence electrons. The summed E-state index contributed by atoms with van der Waals surface area (Å²) in [6, 6.07) is 4.08. The molecule has 55 heavy (non-hydrogen) atoms. The van der Waals surface area contributed by atoms with E-state index < -0.39 is 148 Å². The van der Waals surface area contributed by atoms with E-state index in [9.17, 15) is 73.7 Å². The van der Waals surface area contributed by atoms with Crippen LogP contribution in [0.1, 0.15) is 0 Å². The first-order chi connectivity index (χ1) is 24.9. The van der Waals surface area contributed by atoms with Gasteiger partial charge in [-0.15, -0.1) is 20.5 Å². The molecule has 4 aromatic carbocycles. The molecule has 0 heterocycles. The first-order valence-corrected chi connectivity index (χ1v) is 22.3. The largest absolute Gasteiger partial charge is 0.505 e. The van der Waals surface area contributed by atoms with Crippen molar-refractivity contribution in [2.45, 2.75) is 24.5 Å². The lowest BCUT2D eigenvalue weighted by Gasteiger charge is -2.14. The summed E-state index contributed by atoms with van der Waals surface area (Å²) in [5, 5.41) is 23.4. The number of fused-ring (bicyclic) bond motifs is 1. The Morgan fingerprint density at radius 1 is 0.600 bits per heavy atom. The molecule has 31 heteroatoms. The summed E-state index contributed by atoms with van der Waals surface area (Å²) in [5.41, 5.74) is 0.983. The number of azo groups is 2. The molecule has 0 saturated heterocycles. The van der Waals surface area contributed by atoms with Gasteiger partial charge in [0.05, 0.1) is 33.2 Å². The SMILES string of the molecule is Nc1c(N=Nc2ccc(S(=O)(=O)O)cc2F)c(S(=O)(=O)O)cc2cc(S(=O)(=O)O)c(N=Nc3ccc(S(=O)(=O)CCOS(=O)(=O)O)cc3S(=O)(=O)O)c(O)c12. The molecular weight excluding hydrogens is 874 g/mol. The second-order valence-corrected chi connectivity index (χ2v) is 19.2. The highest BCUT2D eigenvalue weighted by atomic mass is 32.3. The number of rotatable bonds is 13. The Kier molecular flexibility index (Phi) is 11.6. The molecule has 0 aliphatic heterocycles. The number of hydrogen-bond acceptors (Lipinski definition) is 19. The molecule has 0 atom stereocenters. The van der Waals surface area contributed by atoms with Crippen molar-refractivity contribution in [1.29, 1.82) is 0 Å². The van der Waals surface area contributed by atoms with Gasteiger partial charge in [0.1, 0.15) is 37.4 Å². The summed E-state index contributed by atoms with van der Waals surface area (Å²) < 4.78 is 209. The van der Waals surface area contributed by atoms with Gasteiger partial charge in [-0.25, -0.2) is 17.0 Å². The molecule has 4 rings (SSSR count). The lowest BCUT2D eigenvalue weighted by molar-refractivity contribution is 0.284. The Hall–Kier alpha value is -4.67. The molecule has 4 aromatic rings. The van der Waals surface area contributed by atoms with Gasteiger partial charge < -0.3 is 10.8 Å². The highest BCUT2D eigenvalue weighted by Gasteiger charge is 2.29. The van der Waals surface area contributed by atoms with Crippen molar-refractivity contribution in [3.63, 3.8) is 0 Å². The van der Waals surface area contributed by atoms with E-state index in [1.54, 1.807) is 0 Å². The Morgan fingerprint density at radius 2 is 1.09 bits per heavy atom. The Balaban J connectivity index is 1.95. The molecule has 0 radical (unpaired) electrons. The molecule has 24 nitrogen and oxygen atoms in total. The fourth-order valence-corrected chi connectivity index (χ4v) is 8.44. The van der Waals surface area contributed by atoms with Gasteiger partial charge in [0, 0.05) is 0 Å². The van der Waals surface area contributed by atoms with Gasteiger partial charge in [-0.1, -0.05) is 0 Å². The van der Waals surface area contributed by atoms with Crippen LogP contribution in [0.4, 0.5) is 32.8 Å². The molecule has 0 unspecified atom stereocenters. The first-order valence-electron chi connectivity index (χ1n) is 13.6. The van der Waals surface area contributed by atoms with Crippen LogP contribution >= 0.6 is 0 Å². The topological polar surface area (TPSA) is 411 Å². The Labute approximate surface area is 308 Å². The van der Waals surface area contributed by atoms with E-state index in [-0.39, 0.29) is 0 Å². The van der Waals surface area contributed by atoms with Crippen LogP contribution < -0.4 is 5.73 Å². The van der Waals surface area contributed by atoms with Crippen LogP contribution in [-0.2, 0) is 64.9 Å². The third kappa shape index (κ3) is 9.96. The number of nitrogens with zero attached hydrogens (tertiary/aromatic N) is 4. The number of benzene rings is 4. The number of aromatic hydroxyl groups is 1. The summed E-state index contributed by atoms with van der Waals surface area (Å²) in [6.07, 6.45) is 0. The second-order valence-electron chi connectivity index (χ2n) is 10.4. The summed E-state index contributed by atoms with van der Waals surface area (Å²) >= 11 is 0. The smallest absolute Gasteiger partial charge is 0.397 e. The van der Waals surface area contributed by atoms with Crippen molar-refractivity contribution in [3.05, 3.63) is 54.3 Å². The van der Waals surface area contributed by atoms with E-state index >= 15 is 0 Å². The number of sulfone groups is 1. The summed E-state index contributed by atoms with van der Waals surface area (Å²) in [4.78, 5) is -5.74. The molecule has 0 fully saturated rings. The maximum Gasteiger partial charge on any atom is 0.397 e. The zero-order valence-corrected chi connectivity index (χ0v) is 31.1. The molecule has 0 saturated carbocycles. The number of nitrogen functional groups attached to an aromatic ring is 1. The van der Waals surface area contributed by atoms with Gasteiger partial charge in [-0.3, -0.25) is 22.8 Å². The van der Waals surface area contributed by atoms with Crippen molar-refractivity contribution in [1.82, 2.24) is 0 Å². The number of phenols is 1. The third-order valence-electron chi connectivity index (χ3n) is 6.76. The molecule has 0 aromatic heterocycles. The minimum atomic E-state index is -5.50. The van der Waals surface area contributed by atoms with Crippen LogP contribution in [0, 0.1) is 5.82 Å². The summed E-state index contributed by atoms with van der Waals surface area (Å²) in [5.74, 6) is -3.96. The van der Waals surface area contributed by atoms with Crippen molar-refractivity contribution in [3.8, 4) is 5.75 Å². The molecule has 0 amide bonds. The zero-order valence-electron chi connectivity index (χ0n) is 26.2. The summed E-state index contributed by atoms with van der Waals surface area (Å²) in [7, 11) is -30.9. The van der Waals surface area contributed by atoms with E-state index in [0.717, 1.165) is 0 Å². The van der Waals surface area contributed by atoms with Crippen molar-refractivity contribution in [2.24, 2.45) is 20.5 Å². The molecular formula is C24H20FN5O19S6. The molecule has 8 N–H and O–H groups in total. The van der Waals surface area contributed by atoms with Crippen molar-refractivity contribution in [2.75, 3.05) is 18.1 Å². The highest BCUT2D eigenvalue weighted by Crippen LogP contribution is 2.48. The van der Waals surface area contributed by atoms with Gasteiger partial charge >= 0.3 is 10.4 Å². The Morgan fingerprint density at radius 3 is 1.60 bits per heavy atom. The van der Waals surface area contributed by atoms with Gasteiger partial charge in [0.15, 0.2) is 21.4 Å². The van der Waals surface area contributed by atoms with Gasteiger partial charge in [-0.05, 0) is 53.9 Å². The summed E-state index contributed by atoms with van der Waals surface area (Å²) in [6.45, 7) is -1.14. The standard InChI is InChI=1S/C24H20FN5O19S6/c25-14-9-13(51(34,35)36)2-3-15(14)27-29-22-18(53(40,41)42)7-11-8-19(54(43,44)45)23(24(31)20(11)21(22)26)30-28-16-4-1-12(10-17(16)52(37,38)39)50(32,33)6-5-49-55(46,47)48/h1-4,7-10,31H,5-6,26H2,(H,34,35,36)(H,37,38,39)(H,40,41,42)(H,43,44,45)(H,46,47,48). The van der Waals surface area contributed by atoms with Gasteiger partial charge in [-0.2, -0.15) is 42.1 Å².